The fraction of sp³-hybridized carbons (Fsp3) is 0.0857. The van der Waals surface area contributed by atoms with Gasteiger partial charge in [-0.15, -0.1) is 0 Å². The van der Waals surface area contributed by atoms with Crippen LogP contribution in [0.25, 0.3) is 0 Å². The molecule has 43 heavy (non-hydrogen) atoms. The first kappa shape index (κ1) is 32.0. The Morgan fingerprint density at radius 1 is 0.512 bits per heavy atom. The first-order chi connectivity index (χ1) is 20.9. The second kappa shape index (κ2) is 14.6. The van der Waals surface area contributed by atoms with Crippen molar-refractivity contribution in [2.75, 3.05) is 0 Å². The van der Waals surface area contributed by atoms with Crippen molar-refractivity contribution >= 4 is 79.3 Å². The standard InChI is InChI=1S/2C17H14P.CCl2.2ClH.Fe.Pd/c2*1-3-9-15(10-4-1)18(17-13-7-8-14-17)16-11-5-2-6-12-16;2-1-3;;;;/h2*1-14H;;2*1H;;/q;;;;;;+2/p-2. The SMILES string of the molecule is [Cl][Pd]([Cl])[C](Cl)(Cl)[Fe]([CH]1C=CC(P(c2ccccc2)c2ccccc2)=C1)[CH]1C=CC(P(c2ccccc2)c2ccccc2)=C1. The van der Waals surface area contributed by atoms with Crippen LogP contribution in [-0.2, 0) is 28.6 Å². The van der Waals surface area contributed by atoms with Crippen LogP contribution >= 0.6 is 58.1 Å². The molecule has 0 saturated carbocycles. The summed E-state index contributed by atoms with van der Waals surface area (Å²) >= 11 is 10.8. The summed E-state index contributed by atoms with van der Waals surface area (Å²) in [5, 5.41) is 7.87. The maximum atomic E-state index is 7.19. The average Bonchev–Trinajstić information content (AvgIpc) is 3.70. The molecule has 4 aromatic carbocycles. The third-order valence-electron chi connectivity index (χ3n) is 6.98. The van der Waals surface area contributed by atoms with Gasteiger partial charge in [-0.1, -0.05) is 0 Å². The Morgan fingerprint density at radius 3 is 1.09 bits per heavy atom. The van der Waals surface area contributed by atoms with Gasteiger partial charge in [0.25, 0.3) is 0 Å². The molecule has 4 aromatic rings. The summed E-state index contributed by atoms with van der Waals surface area (Å²) in [7, 11) is 11.9. The topological polar surface area (TPSA) is 0 Å². The van der Waals surface area contributed by atoms with E-state index < -0.39 is 46.2 Å². The predicted octanol–water partition coefficient (Wildman–Crippen LogP) is 10.4. The third kappa shape index (κ3) is 7.23. The first-order valence-electron chi connectivity index (χ1n) is 13.5. The minimum atomic E-state index is -2.23. The quantitative estimate of drug-likeness (QED) is 0.0850. The Bertz CT molecular complexity index is 1450. The number of rotatable bonds is 10. The molecular formula is C35H28Cl4FeP2Pd. The summed E-state index contributed by atoms with van der Waals surface area (Å²) in [5.74, 6) is 0. The van der Waals surface area contributed by atoms with Gasteiger partial charge in [0.2, 0.25) is 0 Å². The summed E-state index contributed by atoms with van der Waals surface area (Å²) in [6, 6.07) is 43.0. The average molecular weight is 815 g/mol. The van der Waals surface area contributed by atoms with Crippen molar-refractivity contribution in [3.8, 4) is 0 Å². The maximum absolute atomic E-state index is 7.19. The Labute approximate surface area is 285 Å². The minimum absolute atomic E-state index is 0.0638. The number of hydrogen-bond donors (Lipinski definition) is 0. The van der Waals surface area contributed by atoms with Crippen molar-refractivity contribution in [1.82, 2.24) is 0 Å². The molecule has 0 aromatic heterocycles. The Balaban J connectivity index is 1.39. The van der Waals surface area contributed by atoms with Crippen molar-refractivity contribution in [2.24, 2.45) is 0 Å². The number of halogens is 4. The van der Waals surface area contributed by atoms with Crippen LogP contribution in [0.1, 0.15) is 0 Å². The molecule has 0 fully saturated rings. The van der Waals surface area contributed by atoms with E-state index >= 15 is 0 Å². The monoisotopic (exact) mass is 812 g/mol. The van der Waals surface area contributed by atoms with Crippen LogP contribution in [0, 0.1) is 0 Å². The summed E-state index contributed by atoms with van der Waals surface area (Å²) in [6.45, 7) is 0. The van der Waals surface area contributed by atoms with Gasteiger partial charge in [-0.25, -0.2) is 0 Å². The van der Waals surface area contributed by atoms with E-state index in [0.29, 0.717) is 0 Å². The molecule has 2 unspecified atom stereocenters. The van der Waals surface area contributed by atoms with E-state index in [1.54, 1.807) is 0 Å². The van der Waals surface area contributed by atoms with Crippen LogP contribution in [0.2, 0.25) is 9.63 Å². The third-order valence-corrected chi connectivity index (χ3v) is 25.3. The summed E-state index contributed by atoms with van der Waals surface area (Å²) < 4.78 is -1.18. The zero-order chi connectivity index (χ0) is 29.8. The van der Waals surface area contributed by atoms with Gasteiger partial charge in [0.15, 0.2) is 0 Å². The molecule has 0 nitrogen and oxygen atoms in total. The van der Waals surface area contributed by atoms with E-state index in [0.717, 1.165) is 0 Å². The van der Waals surface area contributed by atoms with E-state index in [9.17, 15) is 0 Å². The number of alkyl halides is 2. The molecular weight excluding hydrogens is 786 g/mol. The molecule has 0 saturated heterocycles. The van der Waals surface area contributed by atoms with Crippen molar-refractivity contribution < 1.29 is 28.6 Å². The van der Waals surface area contributed by atoms with E-state index in [1.807, 2.05) is 0 Å². The molecule has 2 aliphatic carbocycles. The van der Waals surface area contributed by atoms with Crippen molar-refractivity contribution in [2.45, 2.75) is 11.3 Å². The van der Waals surface area contributed by atoms with E-state index in [-0.39, 0.29) is 9.63 Å². The molecule has 8 heteroatoms. The summed E-state index contributed by atoms with van der Waals surface area (Å²) in [6.07, 6.45) is 13.9. The van der Waals surface area contributed by atoms with Gasteiger partial charge in [0.1, 0.15) is 0 Å². The van der Waals surface area contributed by atoms with Gasteiger partial charge in [-0.3, -0.25) is 0 Å². The fourth-order valence-corrected chi connectivity index (χ4v) is 19.4. The van der Waals surface area contributed by atoms with Crippen LogP contribution in [0.4, 0.5) is 0 Å². The molecule has 2 aliphatic rings. The Hall–Kier alpha value is -0.958. The van der Waals surface area contributed by atoms with Crippen LogP contribution in [0.5, 0.6) is 0 Å². The molecule has 6 rings (SSSR count). The van der Waals surface area contributed by atoms with Gasteiger partial charge >= 0.3 is 288 Å². The van der Waals surface area contributed by atoms with Crippen LogP contribution in [0.15, 0.2) is 168 Å². The number of hydrogen-bond acceptors (Lipinski definition) is 0. The van der Waals surface area contributed by atoms with E-state index in [4.69, 9.17) is 42.3 Å². The second-order valence-corrected chi connectivity index (χ2v) is 26.3. The van der Waals surface area contributed by atoms with Crippen molar-refractivity contribution in [3.05, 3.63) is 168 Å². The zero-order valence-corrected chi connectivity index (χ0v) is 30.2. The van der Waals surface area contributed by atoms with Crippen LogP contribution in [0.3, 0.4) is 0 Å². The second-order valence-electron chi connectivity index (χ2n) is 9.64. The fourth-order valence-electron chi connectivity index (χ4n) is 5.15. The zero-order valence-electron chi connectivity index (χ0n) is 22.7. The molecule has 0 heterocycles. The molecule has 0 aliphatic heterocycles. The molecule has 224 valence electrons. The van der Waals surface area contributed by atoms with E-state index in [1.165, 1.54) is 31.8 Å². The van der Waals surface area contributed by atoms with Crippen LogP contribution < -0.4 is 21.2 Å². The Morgan fingerprint density at radius 2 is 0.814 bits per heavy atom. The molecule has 0 bridgehead atoms. The predicted molar refractivity (Wildman–Crippen MR) is 186 cm³/mol. The van der Waals surface area contributed by atoms with E-state index in [2.05, 4.69) is 158 Å². The van der Waals surface area contributed by atoms with Gasteiger partial charge in [-0.05, 0) is 0 Å². The number of allylic oxidation sites excluding steroid dienone is 8. The molecule has 2 atom stereocenters. The molecule has 0 amide bonds. The van der Waals surface area contributed by atoms with Gasteiger partial charge in [0, 0.05) is 0 Å². The van der Waals surface area contributed by atoms with Gasteiger partial charge < -0.3 is 0 Å². The van der Waals surface area contributed by atoms with Gasteiger partial charge in [0.05, 0.1) is 0 Å². The van der Waals surface area contributed by atoms with Gasteiger partial charge in [-0.2, -0.15) is 0 Å². The van der Waals surface area contributed by atoms with Crippen molar-refractivity contribution in [3.63, 3.8) is 0 Å². The Kier molecular flexibility index (Phi) is 10.9. The van der Waals surface area contributed by atoms with Crippen molar-refractivity contribution in [1.29, 1.82) is 0 Å². The molecule has 0 radical (unpaired) electrons. The van der Waals surface area contributed by atoms with Crippen LogP contribution in [-0.4, -0.2) is 1.70 Å². The summed E-state index contributed by atoms with van der Waals surface area (Å²) in [5.41, 5.74) is 0. The molecule has 0 N–H and O–H groups in total. The normalized spacial score (nSPS) is 18.7. The first-order valence-corrected chi connectivity index (χ1v) is 23.5. The molecule has 0 spiro atoms. The number of benzene rings is 4. The summed E-state index contributed by atoms with van der Waals surface area (Å²) in [4.78, 5) is 0.128.